The van der Waals surface area contributed by atoms with Gasteiger partial charge in [0.05, 0.1) is 10.6 Å². The third kappa shape index (κ3) is 7.24. The third-order valence-electron chi connectivity index (χ3n) is 5.63. The van der Waals surface area contributed by atoms with Gasteiger partial charge in [0.25, 0.3) is 5.91 Å². The first-order valence-corrected chi connectivity index (χ1v) is 13.5. The Kier molecular flexibility index (Phi) is 7.98. The number of Topliss-reactive ketones (excluding diaryl/α,β-unsaturated/α-hetero) is 1. The minimum absolute atomic E-state index is 0.00765. The minimum Gasteiger partial charge on any atom is -0.355 e. The Morgan fingerprint density at radius 1 is 1.18 bits per heavy atom. The highest BCUT2D eigenvalue weighted by atomic mass is 35.5. The summed E-state index contributed by atoms with van der Waals surface area (Å²) in [6, 6.07) is 4.41. The van der Waals surface area contributed by atoms with Crippen molar-refractivity contribution in [3.8, 4) is 0 Å². The lowest BCUT2D eigenvalue weighted by molar-refractivity contribution is -0.121. The van der Waals surface area contributed by atoms with Crippen molar-refractivity contribution in [2.75, 3.05) is 29.6 Å². The molecule has 184 valence electrons. The molecule has 1 aliphatic rings. The van der Waals surface area contributed by atoms with Gasteiger partial charge in [-0.25, -0.2) is 13.4 Å². The number of sulfone groups is 1. The molecule has 0 aromatic carbocycles. The highest BCUT2D eigenvalue weighted by Gasteiger charge is 2.27. The number of hydrogen-bond acceptors (Lipinski definition) is 7. The second-order valence-corrected chi connectivity index (χ2v) is 12.5. The summed E-state index contributed by atoms with van der Waals surface area (Å²) in [6.45, 7) is 7.49. The number of halogens is 1. The van der Waals surface area contributed by atoms with E-state index in [1.165, 1.54) is 24.5 Å². The SMILES string of the molecule is CC(C)(C)CC(=O)CC1CCN(c2ncc(S(C)(=O)=O)cc2NC(=O)c2cc(Cl)ccn2)CC1. The van der Waals surface area contributed by atoms with E-state index in [-0.39, 0.29) is 27.5 Å². The summed E-state index contributed by atoms with van der Waals surface area (Å²) in [6.07, 6.45) is 6.58. The van der Waals surface area contributed by atoms with Crippen molar-refractivity contribution in [2.24, 2.45) is 11.3 Å². The van der Waals surface area contributed by atoms with Gasteiger partial charge in [-0.15, -0.1) is 0 Å². The summed E-state index contributed by atoms with van der Waals surface area (Å²) in [4.78, 5) is 35.6. The molecule has 8 nitrogen and oxygen atoms in total. The number of piperidine rings is 1. The van der Waals surface area contributed by atoms with Crippen molar-refractivity contribution in [1.82, 2.24) is 9.97 Å². The van der Waals surface area contributed by atoms with Gasteiger partial charge in [-0.05, 0) is 42.4 Å². The van der Waals surface area contributed by atoms with Gasteiger partial charge >= 0.3 is 0 Å². The highest BCUT2D eigenvalue weighted by molar-refractivity contribution is 7.90. The van der Waals surface area contributed by atoms with Crippen LogP contribution in [0.4, 0.5) is 11.5 Å². The van der Waals surface area contributed by atoms with Gasteiger partial charge in [0.15, 0.2) is 15.7 Å². The molecule has 2 aromatic heterocycles. The van der Waals surface area contributed by atoms with Crippen LogP contribution in [0.25, 0.3) is 0 Å². The van der Waals surface area contributed by atoms with Gasteiger partial charge in [0.1, 0.15) is 11.5 Å². The molecule has 1 fully saturated rings. The first-order valence-electron chi connectivity index (χ1n) is 11.2. The lowest BCUT2D eigenvalue weighted by Gasteiger charge is -2.34. The van der Waals surface area contributed by atoms with Crippen LogP contribution in [0.3, 0.4) is 0 Å². The van der Waals surface area contributed by atoms with Crippen LogP contribution in [0.15, 0.2) is 35.5 Å². The van der Waals surface area contributed by atoms with Crippen LogP contribution in [0, 0.1) is 11.3 Å². The summed E-state index contributed by atoms with van der Waals surface area (Å²) < 4.78 is 24.2. The number of hydrogen-bond donors (Lipinski definition) is 1. The van der Waals surface area contributed by atoms with Gasteiger partial charge in [-0.3, -0.25) is 14.6 Å². The van der Waals surface area contributed by atoms with Gasteiger partial charge in [0, 0.05) is 49.6 Å². The number of carbonyl (C=O) groups excluding carboxylic acids is 2. The van der Waals surface area contributed by atoms with Crippen LogP contribution in [-0.2, 0) is 14.6 Å². The molecular formula is C24H31ClN4O4S. The van der Waals surface area contributed by atoms with E-state index in [2.05, 4.69) is 36.1 Å². The predicted molar refractivity (Wildman–Crippen MR) is 133 cm³/mol. The van der Waals surface area contributed by atoms with Crippen molar-refractivity contribution < 1.29 is 18.0 Å². The maximum atomic E-state index is 12.8. The lowest BCUT2D eigenvalue weighted by Crippen LogP contribution is -2.36. The molecule has 1 saturated heterocycles. The van der Waals surface area contributed by atoms with Crippen LogP contribution < -0.4 is 10.2 Å². The molecule has 1 N–H and O–H groups in total. The molecule has 2 aromatic rings. The zero-order valence-electron chi connectivity index (χ0n) is 20.0. The summed E-state index contributed by atoms with van der Waals surface area (Å²) >= 11 is 5.97. The molecule has 3 heterocycles. The highest BCUT2D eigenvalue weighted by Crippen LogP contribution is 2.32. The Morgan fingerprint density at radius 3 is 2.44 bits per heavy atom. The second-order valence-electron chi connectivity index (χ2n) is 10.0. The molecule has 0 atom stereocenters. The summed E-state index contributed by atoms with van der Waals surface area (Å²) in [5.41, 5.74) is 0.379. The monoisotopic (exact) mass is 506 g/mol. The van der Waals surface area contributed by atoms with Crippen molar-refractivity contribution in [2.45, 2.75) is 51.3 Å². The van der Waals surface area contributed by atoms with E-state index in [0.717, 1.165) is 19.1 Å². The van der Waals surface area contributed by atoms with Crippen LogP contribution in [0.1, 0.15) is 56.9 Å². The zero-order chi connectivity index (χ0) is 25.1. The van der Waals surface area contributed by atoms with Crippen molar-refractivity contribution >= 4 is 44.6 Å². The molecule has 10 heteroatoms. The van der Waals surface area contributed by atoms with Gasteiger partial charge in [0.2, 0.25) is 0 Å². The molecule has 0 bridgehead atoms. The second kappa shape index (κ2) is 10.4. The molecule has 3 rings (SSSR count). The summed E-state index contributed by atoms with van der Waals surface area (Å²) in [5.74, 6) is 0.555. The lowest BCUT2D eigenvalue weighted by atomic mass is 9.84. The zero-order valence-corrected chi connectivity index (χ0v) is 21.5. The summed E-state index contributed by atoms with van der Waals surface area (Å²) in [7, 11) is -3.52. The Labute approximate surface area is 206 Å². The quantitative estimate of drug-likeness (QED) is 0.592. The number of amides is 1. The first kappa shape index (κ1) is 26.1. The van der Waals surface area contributed by atoms with E-state index in [1.54, 1.807) is 6.07 Å². The Bertz CT molecular complexity index is 1170. The number of nitrogens with zero attached hydrogens (tertiary/aromatic N) is 3. The number of anilines is 2. The van der Waals surface area contributed by atoms with E-state index < -0.39 is 15.7 Å². The maximum absolute atomic E-state index is 12.8. The average molecular weight is 507 g/mol. The van der Waals surface area contributed by atoms with E-state index in [4.69, 9.17) is 11.6 Å². The average Bonchev–Trinajstić information content (AvgIpc) is 2.72. The molecular weight excluding hydrogens is 476 g/mol. The number of nitrogens with one attached hydrogen (secondary N) is 1. The van der Waals surface area contributed by atoms with E-state index >= 15 is 0 Å². The molecule has 1 aliphatic heterocycles. The van der Waals surface area contributed by atoms with Gasteiger partial charge < -0.3 is 10.2 Å². The number of rotatable bonds is 7. The van der Waals surface area contributed by atoms with E-state index in [1.807, 2.05) is 4.90 Å². The van der Waals surface area contributed by atoms with Crippen LogP contribution >= 0.6 is 11.6 Å². The summed E-state index contributed by atoms with van der Waals surface area (Å²) in [5, 5.41) is 3.12. The van der Waals surface area contributed by atoms with Crippen LogP contribution in [0.5, 0.6) is 0 Å². The smallest absolute Gasteiger partial charge is 0.274 e. The standard InChI is InChI=1S/C24H31ClN4O4S/c1-24(2,3)14-18(30)11-16-6-9-29(10-7-16)22-20(13-19(15-27-22)34(4,32)33)28-23(31)21-12-17(25)5-8-26-21/h5,8,12-13,15-16H,6-7,9-11,14H2,1-4H3,(H,28,31). The van der Waals surface area contributed by atoms with Gasteiger partial charge in [-0.1, -0.05) is 32.4 Å². The largest absolute Gasteiger partial charge is 0.355 e. The fourth-order valence-corrected chi connectivity index (χ4v) is 4.77. The topological polar surface area (TPSA) is 109 Å². The number of pyridine rings is 2. The molecule has 0 saturated carbocycles. The van der Waals surface area contributed by atoms with Crippen molar-refractivity contribution in [1.29, 1.82) is 0 Å². The number of ketones is 1. The van der Waals surface area contributed by atoms with Crippen molar-refractivity contribution in [3.63, 3.8) is 0 Å². The normalized spacial score (nSPS) is 15.3. The van der Waals surface area contributed by atoms with Gasteiger partial charge in [-0.2, -0.15) is 0 Å². The molecule has 1 amide bonds. The predicted octanol–water partition coefficient (Wildman–Crippen LogP) is 4.40. The fourth-order valence-electron chi connectivity index (χ4n) is 4.03. The Hall–Kier alpha value is -2.52. The maximum Gasteiger partial charge on any atom is 0.274 e. The van der Waals surface area contributed by atoms with Crippen LogP contribution in [0.2, 0.25) is 5.02 Å². The number of carbonyl (C=O) groups is 2. The fraction of sp³-hybridized carbons (Fsp3) is 0.500. The first-order chi connectivity index (χ1) is 15.8. The van der Waals surface area contributed by atoms with Crippen molar-refractivity contribution in [3.05, 3.63) is 41.3 Å². The Morgan fingerprint density at radius 2 is 1.85 bits per heavy atom. The minimum atomic E-state index is -3.52. The molecule has 34 heavy (non-hydrogen) atoms. The number of aromatic nitrogens is 2. The Balaban J connectivity index is 1.77. The van der Waals surface area contributed by atoms with Crippen LogP contribution in [-0.4, -0.2) is 49.4 Å². The molecule has 0 unspecified atom stereocenters. The third-order valence-corrected chi connectivity index (χ3v) is 6.95. The molecule has 0 spiro atoms. The van der Waals surface area contributed by atoms with E-state index in [9.17, 15) is 18.0 Å². The molecule has 0 radical (unpaired) electrons. The van der Waals surface area contributed by atoms with E-state index in [0.29, 0.717) is 42.7 Å². The molecule has 0 aliphatic carbocycles.